The summed E-state index contributed by atoms with van der Waals surface area (Å²) in [5, 5.41) is 3.86. The number of amides is 1. The van der Waals surface area contributed by atoms with Gasteiger partial charge in [0.1, 0.15) is 5.69 Å². The Morgan fingerprint density at radius 1 is 1.30 bits per heavy atom. The van der Waals surface area contributed by atoms with Crippen LogP contribution in [-0.2, 0) is 0 Å². The summed E-state index contributed by atoms with van der Waals surface area (Å²) in [6.07, 6.45) is 1.75. The van der Waals surface area contributed by atoms with Gasteiger partial charge in [-0.3, -0.25) is 4.79 Å². The van der Waals surface area contributed by atoms with Crippen molar-refractivity contribution in [3.8, 4) is 0 Å². The molecule has 0 aliphatic heterocycles. The second-order valence-corrected chi connectivity index (χ2v) is 6.71. The van der Waals surface area contributed by atoms with Crippen LogP contribution in [-0.4, -0.2) is 10.5 Å². The lowest BCUT2D eigenvalue weighted by molar-refractivity contribution is 0.101. The molecule has 106 valence electrons. The van der Waals surface area contributed by atoms with E-state index in [1.54, 1.807) is 24.4 Å². The lowest BCUT2D eigenvalue weighted by Crippen LogP contribution is -2.18. The number of nitrogens with zero attached hydrogens (tertiary/aromatic N) is 1. The van der Waals surface area contributed by atoms with E-state index in [0.29, 0.717) is 21.4 Å². The summed E-state index contributed by atoms with van der Waals surface area (Å²) in [5.74, 6) is -0.228. The number of rotatable bonds is 3. The number of carbonyl (C=O) groups excluding carboxylic acids is 1. The van der Waals surface area contributed by atoms with E-state index in [0.717, 1.165) is 3.57 Å². The topological polar surface area (TPSA) is 34.0 Å². The number of nitrogens with one attached hydrogen (secondary N) is 1. The summed E-state index contributed by atoms with van der Waals surface area (Å²) in [5.41, 5.74) is 1.10. The Bertz CT molecular complexity index is 653. The fourth-order valence-corrected chi connectivity index (χ4v) is 2.94. The lowest BCUT2D eigenvalue weighted by Gasteiger charge is -2.13. The van der Waals surface area contributed by atoms with Crippen molar-refractivity contribution in [2.45, 2.75) is 19.9 Å². The van der Waals surface area contributed by atoms with Gasteiger partial charge in [0.05, 0.1) is 15.7 Å². The van der Waals surface area contributed by atoms with E-state index in [1.165, 1.54) is 0 Å². The number of hydrogen-bond donors (Lipinski definition) is 1. The maximum absolute atomic E-state index is 12.3. The summed E-state index contributed by atoms with van der Waals surface area (Å²) in [7, 11) is 0. The molecule has 1 heterocycles. The minimum absolute atomic E-state index is 0.149. The summed E-state index contributed by atoms with van der Waals surface area (Å²) in [6, 6.07) is 7.27. The predicted octanol–water partition coefficient (Wildman–Crippen LogP) is 5.23. The fraction of sp³-hybridized carbons (Fsp3) is 0.214. The average Bonchev–Trinajstić information content (AvgIpc) is 2.75. The maximum Gasteiger partial charge on any atom is 0.272 e. The van der Waals surface area contributed by atoms with E-state index in [-0.39, 0.29) is 11.9 Å². The SMILES string of the molecule is CC(C)n1cc(Cl)cc1C(=O)Nc1ccc(I)cc1Cl. The molecule has 1 aromatic heterocycles. The van der Waals surface area contributed by atoms with Gasteiger partial charge in [-0.2, -0.15) is 0 Å². The molecule has 6 heteroatoms. The van der Waals surface area contributed by atoms with Crippen LogP contribution in [0, 0.1) is 3.57 Å². The third kappa shape index (κ3) is 3.48. The predicted molar refractivity (Wildman–Crippen MR) is 91.9 cm³/mol. The van der Waals surface area contributed by atoms with E-state index >= 15 is 0 Å². The van der Waals surface area contributed by atoms with Crippen LogP contribution >= 0.6 is 45.8 Å². The minimum Gasteiger partial charge on any atom is -0.339 e. The van der Waals surface area contributed by atoms with Crippen molar-refractivity contribution in [2.24, 2.45) is 0 Å². The molecule has 0 saturated carbocycles. The van der Waals surface area contributed by atoms with Crippen molar-refractivity contribution >= 4 is 57.4 Å². The first kappa shape index (κ1) is 15.7. The molecule has 0 atom stereocenters. The maximum atomic E-state index is 12.3. The second-order valence-electron chi connectivity index (χ2n) is 4.62. The first-order valence-electron chi connectivity index (χ1n) is 6.02. The Morgan fingerprint density at radius 3 is 2.60 bits per heavy atom. The van der Waals surface area contributed by atoms with E-state index in [1.807, 2.05) is 24.5 Å². The summed E-state index contributed by atoms with van der Waals surface area (Å²) < 4.78 is 2.84. The van der Waals surface area contributed by atoms with E-state index in [4.69, 9.17) is 23.2 Å². The van der Waals surface area contributed by atoms with Gasteiger partial charge < -0.3 is 9.88 Å². The van der Waals surface area contributed by atoms with Crippen LogP contribution in [0.5, 0.6) is 0 Å². The highest BCUT2D eigenvalue weighted by atomic mass is 127. The Labute approximate surface area is 141 Å². The zero-order valence-corrected chi connectivity index (χ0v) is 14.6. The van der Waals surface area contributed by atoms with Gasteiger partial charge in [0.15, 0.2) is 0 Å². The van der Waals surface area contributed by atoms with Crippen molar-refractivity contribution in [3.05, 3.63) is 49.8 Å². The van der Waals surface area contributed by atoms with Gasteiger partial charge >= 0.3 is 0 Å². The quantitative estimate of drug-likeness (QED) is 0.675. The third-order valence-corrected chi connectivity index (χ3v) is 3.97. The normalized spacial score (nSPS) is 10.9. The van der Waals surface area contributed by atoms with Crippen molar-refractivity contribution in [1.82, 2.24) is 4.57 Å². The molecule has 0 unspecified atom stereocenters. The van der Waals surface area contributed by atoms with Gasteiger partial charge in [-0.1, -0.05) is 23.2 Å². The number of aromatic nitrogens is 1. The van der Waals surface area contributed by atoms with Crippen LogP contribution in [0.3, 0.4) is 0 Å². The molecule has 1 aromatic carbocycles. The zero-order valence-electron chi connectivity index (χ0n) is 11.0. The number of hydrogen-bond acceptors (Lipinski definition) is 1. The Hall–Kier alpha value is -0.720. The number of anilines is 1. The van der Waals surface area contributed by atoms with Crippen LogP contribution < -0.4 is 5.32 Å². The van der Waals surface area contributed by atoms with Gasteiger partial charge in [-0.25, -0.2) is 0 Å². The fourth-order valence-electron chi connectivity index (χ4n) is 1.83. The third-order valence-electron chi connectivity index (χ3n) is 2.78. The van der Waals surface area contributed by atoms with Crippen molar-refractivity contribution in [2.75, 3.05) is 5.32 Å². The number of benzene rings is 1. The molecule has 3 nitrogen and oxygen atoms in total. The monoisotopic (exact) mass is 422 g/mol. The van der Waals surface area contributed by atoms with Crippen LogP contribution in [0.15, 0.2) is 30.5 Å². The Kier molecular flexibility index (Phi) is 4.99. The standard InChI is InChI=1S/C14H13Cl2IN2O/c1-8(2)19-7-9(15)5-13(19)14(20)18-12-4-3-10(17)6-11(12)16/h3-8H,1-2H3,(H,18,20). The van der Waals surface area contributed by atoms with Gasteiger partial charge in [0.25, 0.3) is 5.91 Å². The number of halogens is 3. The largest absolute Gasteiger partial charge is 0.339 e. The first-order chi connectivity index (χ1) is 9.38. The van der Waals surface area contributed by atoms with Crippen LogP contribution in [0.25, 0.3) is 0 Å². The molecular formula is C14H13Cl2IN2O. The Balaban J connectivity index is 2.28. The molecule has 0 fully saturated rings. The summed E-state index contributed by atoms with van der Waals surface area (Å²) in [6.45, 7) is 3.98. The van der Waals surface area contributed by atoms with E-state index in [9.17, 15) is 4.79 Å². The molecule has 0 aliphatic carbocycles. The van der Waals surface area contributed by atoms with E-state index in [2.05, 4.69) is 27.9 Å². The zero-order chi connectivity index (χ0) is 14.9. The average molecular weight is 423 g/mol. The van der Waals surface area contributed by atoms with Crippen molar-refractivity contribution in [1.29, 1.82) is 0 Å². The smallest absolute Gasteiger partial charge is 0.272 e. The highest BCUT2D eigenvalue weighted by Crippen LogP contribution is 2.25. The molecule has 0 aliphatic rings. The lowest BCUT2D eigenvalue weighted by atomic mass is 10.3. The molecule has 20 heavy (non-hydrogen) atoms. The van der Waals surface area contributed by atoms with E-state index < -0.39 is 0 Å². The summed E-state index contributed by atoms with van der Waals surface area (Å²) in [4.78, 5) is 12.3. The van der Waals surface area contributed by atoms with Crippen LogP contribution in [0.4, 0.5) is 5.69 Å². The first-order valence-corrected chi connectivity index (χ1v) is 7.85. The van der Waals surface area contributed by atoms with Crippen molar-refractivity contribution < 1.29 is 4.79 Å². The van der Waals surface area contributed by atoms with Gasteiger partial charge in [-0.05, 0) is 60.7 Å². The second kappa shape index (κ2) is 6.37. The summed E-state index contributed by atoms with van der Waals surface area (Å²) >= 11 is 14.3. The minimum atomic E-state index is -0.228. The Morgan fingerprint density at radius 2 is 2.00 bits per heavy atom. The molecule has 0 saturated heterocycles. The van der Waals surface area contributed by atoms with Gasteiger partial charge in [0.2, 0.25) is 0 Å². The highest BCUT2D eigenvalue weighted by Gasteiger charge is 2.16. The van der Waals surface area contributed by atoms with Gasteiger partial charge in [-0.15, -0.1) is 0 Å². The molecule has 2 aromatic rings. The number of carbonyl (C=O) groups is 1. The molecule has 0 spiro atoms. The molecule has 1 N–H and O–H groups in total. The molecule has 0 bridgehead atoms. The molecule has 2 rings (SSSR count). The van der Waals surface area contributed by atoms with Crippen LogP contribution in [0.1, 0.15) is 30.4 Å². The van der Waals surface area contributed by atoms with Gasteiger partial charge in [0, 0.05) is 15.8 Å². The van der Waals surface area contributed by atoms with Crippen LogP contribution in [0.2, 0.25) is 10.0 Å². The molecular weight excluding hydrogens is 410 g/mol. The van der Waals surface area contributed by atoms with Crippen molar-refractivity contribution in [3.63, 3.8) is 0 Å². The highest BCUT2D eigenvalue weighted by molar-refractivity contribution is 14.1. The molecule has 1 amide bonds. The molecule has 0 radical (unpaired) electrons.